The summed E-state index contributed by atoms with van der Waals surface area (Å²) in [6, 6.07) is 5.23. The number of imide groups is 1. The summed E-state index contributed by atoms with van der Waals surface area (Å²) in [7, 11) is 1.53. The molecule has 0 aliphatic carbocycles. The minimum absolute atomic E-state index is 0.274. The van der Waals surface area contributed by atoms with Crippen LogP contribution in [0.15, 0.2) is 24.3 Å². The van der Waals surface area contributed by atoms with Gasteiger partial charge in [0, 0.05) is 13.6 Å². The lowest BCUT2D eigenvalue weighted by molar-refractivity contribution is -0.119. The number of carbonyl (C=O) groups excluding carboxylic acids is 2. The first-order chi connectivity index (χ1) is 8.40. The SMILES string of the molecule is CC(Cl)C(=O)NC(=O)N(C)Cc1ccc(F)cc1. The molecule has 0 radical (unpaired) electrons. The topological polar surface area (TPSA) is 49.4 Å². The average molecular weight is 273 g/mol. The zero-order valence-electron chi connectivity index (χ0n) is 10.1. The molecule has 1 unspecified atom stereocenters. The molecule has 0 aliphatic heterocycles. The predicted octanol–water partition coefficient (Wildman–Crippen LogP) is 2.12. The maximum Gasteiger partial charge on any atom is 0.324 e. The van der Waals surface area contributed by atoms with Crippen LogP contribution in [0.3, 0.4) is 0 Å². The van der Waals surface area contributed by atoms with Gasteiger partial charge in [0.15, 0.2) is 0 Å². The van der Waals surface area contributed by atoms with Crippen molar-refractivity contribution >= 4 is 23.5 Å². The fourth-order valence-electron chi connectivity index (χ4n) is 1.24. The Morgan fingerprint density at radius 3 is 2.44 bits per heavy atom. The molecule has 0 aromatic heterocycles. The molecule has 1 atom stereocenters. The van der Waals surface area contributed by atoms with Crippen molar-refractivity contribution in [3.63, 3.8) is 0 Å². The van der Waals surface area contributed by atoms with Crippen LogP contribution in [0.4, 0.5) is 9.18 Å². The third-order valence-corrected chi connectivity index (χ3v) is 2.47. The van der Waals surface area contributed by atoms with Crippen LogP contribution in [0.2, 0.25) is 0 Å². The summed E-state index contributed by atoms with van der Waals surface area (Å²) in [5.74, 6) is -0.885. The van der Waals surface area contributed by atoms with Gasteiger partial charge in [0.25, 0.3) is 0 Å². The Labute approximate surface area is 110 Å². The number of benzene rings is 1. The monoisotopic (exact) mass is 272 g/mol. The first kappa shape index (κ1) is 14.4. The van der Waals surface area contributed by atoms with Gasteiger partial charge in [-0.05, 0) is 24.6 Å². The van der Waals surface area contributed by atoms with Gasteiger partial charge in [0.1, 0.15) is 11.2 Å². The molecule has 0 bridgehead atoms. The Kier molecular flexibility index (Phi) is 5.09. The van der Waals surface area contributed by atoms with Crippen LogP contribution in [-0.4, -0.2) is 29.3 Å². The summed E-state index contributed by atoms with van der Waals surface area (Å²) in [4.78, 5) is 24.1. The number of halogens is 2. The Balaban J connectivity index is 2.54. The van der Waals surface area contributed by atoms with Crippen LogP contribution in [0, 0.1) is 5.82 Å². The van der Waals surface area contributed by atoms with Crippen LogP contribution in [0.1, 0.15) is 12.5 Å². The van der Waals surface area contributed by atoms with E-state index in [0.29, 0.717) is 0 Å². The number of rotatable bonds is 3. The summed E-state index contributed by atoms with van der Waals surface area (Å²) in [6.45, 7) is 1.75. The Morgan fingerprint density at radius 1 is 1.39 bits per heavy atom. The molecule has 6 heteroatoms. The van der Waals surface area contributed by atoms with Gasteiger partial charge in [-0.15, -0.1) is 11.6 Å². The van der Waals surface area contributed by atoms with Crippen molar-refractivity contribution < 1.29 is 14.0 Å². The lowest BCUT2D eigenvalue weighted by Crippen LogP contribution is -2.42. The van der Waals surface area contributed by atoms with Crippen molar-refractivity contribution in [2.24, 2.45) is 0 Å². The lowest BCUT2D eigenvalue weighted by Gasteiger charge is -2.17. The molecule has 0 saturated carbocycles. The van der Waals surface area contributed by atoms with E-state index in [1.807, 2.05) is 0 Å². The smallest absolute Gasteiger partial charge is 0.323 e. The molecule has 0 fully saturated rings. The largest absolute Gasteiger partial charge is 0.324 e. The highest BCUT2D eigenvalue weighted by Crippen LogP contribution is 2.05. The van der Waals surface area contributed by atoms with Crippen molar-refractivity contribution in [2.45, 2.75) is 18.8 Å². The molecule has 0 spiro atoms. The first-order valence-corrected chi connectivity index (χ1v) is 5.78. The van der Waals surface area contributed by atoms with Gasteiger partial charge in [-0.25, -0.2) is 9.18 Å². The van der Waals surface area contributed by atoms with Crippen LogP contribution in [0.25, 0.3) is 0 Å². The molecule has 1 aromatic rings. The summed E-state index contributed by atoms with van der Waals surface area (Å²) in [5, 5.41) is 1.38. The molecule has 0 heterocycles. The zero-order valence-corrected chi connectivity index (χ0v) is 10.9. The van der Waals surface area contributed by atoms with Crippen LogP contribution >= 0.6 is 11.6 Å². The molecule has 0 saturated heterocycles. The van der Waals surface area contributed by atoms with Gasteiger partial charge in [-0.3, -0.25) is 10.1 Å². The first-order valence-electron chi connectivity index (χ1n) is 5.34. The van der Waals surface area contributed by atoms with E-state index in [1.165, 1.54) is 31.0 Å². The number of hydrogen-bond donors (Lipinski definition) is 1. The molecule has 4 nitrogen and oxygen atoms in total. The maximum atomic E-state index is 12.7. The van der Waals surface area contributed by atoms with E-state index in [-0.39, 0.29) is 12.4 Å². The Bertz CT molecular complexity index is 434. The second-order valence-corrected chi connectivity index (χ2v) is 4.55. The highest BCUT2D eigenvalue weighted by molar-refractivity contribution is 6.31. The number of hydrogen-bond acceptors (Lipinski definition) is 2. The third kappa shape index (κ3) is 4.33. The quantitative estimate of drug-likeness (QED) is 0.857. The summed E-state index contributed by atoms with van der Waals surface area (Å²) < 4.78 is 12.7. The highest BCUT2D eigenvalue weighted by Gasteiger charge is 2.16. The highest BCUT2D eigenvalue weighted by atomic mass is 35.5. The Hall–Kier alpha value is -1.62. The second kappa shape index (κ2) is 6.35. The van der Waals surface area contributed by atoms with Crippen molar-refractivity contribution in [3.05, 3.63) is 35.6 Å². The van der Waals surface area contributed by atoms with E-state index >= 15 is 0 Å². The number of nitrogens with zero attached hydrogens (tertiary/aromatic N) is 1. The molecule has 3 amide bonds. The fraction of sp³-hybridized carbons (Fsp3) is 0.333. The molecule has 0 aliphatic rings. The number of urea groups is 1. The van der Waals surface area contributed by atoms with Gasteiger partial charge < -0.3 is 4.90 Å². The number of alkyl halides is 1. The molecule has 18 heavy (non-hydrogen) atoms. The van der Waals surface area contributed by atoms with Crippen LogP contribution < -0.4 is 5.32 Å². The summed E-state index contributed by atoms with van der Waals surface area (Å²) >= 11 is 5.53. The van der Waals surface area contributed by atoms with Crippen LogP contribution in [0.5, 0.6) is 0 Å². The van der Waals surface area contributed by atoms with Gasteiger partial charge in [-0.2, -0.15) is 0 Å². The second-order valence-electron chi connectivity index (χ2n) is 3.89. The number of amides is 3. The van der Waals surface area contributed by atoms with E-state index in [0.717, 1.165) is 5.56 Å². The zero-order chi connectivity index (χ0) is 13.7. The molecule has 98 valence electrons. The van der Waals surface area contributed by atoms with Crippen molar-refractivity contribution in [2.75, 3.05) is 7.05 Å². The van der Waals surface area contributed by atoms with Crippen molar-refractivity contribution in [3.8, 4) is 0 Å². The Morgan fingerprint density at radius 2 is 1.94 bits per heavy atom. The summed E-state index contributed by atoms with van der Waals surface area (Å²) in [6.07, 6.45) is 0. The van der Waals surface area contributed by atoms with E-state index in [4.69, 9.17) is 11.6 Å². The minimum Gasteiger partial charge on any atom is -0.323 e. The number of carbonyl (C=O) groups is 2. The van der Waals surface area contributed by atoms with E-state index in [9.17, 15) is 14.0 Å². The van der Waals surface area contributed by atoms with Gasteiger partial charge in [0.05, 0.1) is 0 Å². The van der Waals surface area contributed by atoms with E-state index in [2.05, 4.69) is 5.32 Å². The molecule has 1 N–H and O–H groups in total. The number of nitrogens with one attached hydrogen (secondary N) is 1. The maximum absolute atomic E-state index is 12.7. The van der Waals surface area contributed by atoms with Crippen molar-refractivity contribution in [1.29, 1.82) is 0 Å². The third-order valence-electron chi connectivity index (χ3n) is 2.27. The normalized spacial score (nSPS) is 11.8. The predicted molar refractivity (Wildman–Crippen MR) is 66.7 cm³/mol. The molecular formula is C12H14ClFN2O2. The van der Waals surface area contributed by atoms with Gasteiger partial charge >= 0.3 is 6.03 Å². The van der Waals surface area contributed by atoms with Crippen LogP contribution in [-0.2, 0) is 11.3 Å². The van der Waals surface area contributed by atoms with Crippen molar-refractivity contribution in [1.82, 2.24) is 10.2 Å². The summed E-state index contributed by atoms with van der Waals surface area (Å²) in [5.41, 5.74) is 0.764. The standard InChI is InChI=1S/C12H14ClFN2O2/c1-8(13)11(17)15-12(18)16(2)7-9-3-5-10(14)6-4-9/h3-6,8H,7H2,1-2H3,(H,15,17,18). The molecule has 1 rings (SSSR count). The fourth-order valence-corrected chi connectivity index (χ4v) is 1.29. The minimum atomic E-state index is -0.770. The van der Waals surface area contributed by atoms with Gasteiger partial charge in [-0.1, -0.05) is 12.1 Å². The lowest BCUT2D eigenvalue weighted by atomic mass is 10.2. The van der Waals surface area contributed by atoms with Gasteiger partial charge in [0.2, 0.25) is 5.91 Å². The molecular weight excluding hydrogens is 259 g/mol. The average Bonchev–Trinajstić information content (AvgIpc) is 2.31. The van der Waals surface area contributed by atoms with E-state index in [1.54, 1.807) is 12.1 Å². The van der Waals surface area contributed by atoms with E-state index < -0.39 is 17.3 Å². The molecule has 1 aromatic carbocycles.